The van der Waals surface area contributed by atoms with Crippen LogP contribution in [-0.4, -0.2) is 26.8 Å². The number of amides is 1. The Morgan fingerprint density at radius 1 is 1.17 bits per heavy atom. The Balaban J connectivity index is 1.51. The Hall–Kier alpha value is -2.37. The second-order valence-electron chi connectivity index (χ2n) is 6.73. The average Bonchev–Trinajstić information content (AvgIpc) is 3.32. The number of hydrogen-bond acceptors (Lipinski definition) is 3. The Kier molecular flexibility index (Phi) is 3.96. The molecule has 0 atom stereocenters. The largest absolute Gasteiger partial charge is 0.354 e. The molecule has 6 heteroatoms. The molecule has 6 nitrogen and oxygen atoms in total. The van der Waals surface area contributed by atoms with Crippen molar-refractivity contribution in [2.24, 2.45) is 5.92 Å². The molecule has 24 heavy (non-hydrogen) atoms. The third-order valence-corrected chi connectivity index (χ3v) is 4.92. The third kappa shape index (κ3) is 2.88. The highest BCUT2D eigenvalue weighted by molar-refractivity contribution is 5.79. The van der Waals surface area contributed by atoms with Crippen LogP contribution in [0.4, 0.5) is 0 Å². The van der Waals surface area contributed by atoms with Gasteiger partial charge in [-0.1, -0.05) is 24.6 Å². The third-order valence-electron chi connectivity index (χ3n) is 4.92. The van der Waals surface area contributed by atoms with Gasteiger partial charge in [-0.25, -0.2) is 14.0 Å². The number of carbonyl (C=O) groups excluding carboxylic acids is 1. The summed E-state index contributed by atoms with van der Waals surface area (Å²) in [5.41, 5.74) is 0.732. The molecular formula is C18H22N4O2. The Morgan fingerprint density at radius 2 is 1.92 bits per heavy atom. The minimum absolute atomic E-state index is 0.110. The van der Waals surface area contributed by atoms with Gasteiger partial charge < -0.3 is 5.32 Å². The van der Waals surface area contributed by atoms with Crippen molar-refractivity contribution in [3.05, 3.63) is 46.6 Å². The molecule has 1 N–H and O–H groups in total. The van der Waals surface area contributed by atoms with E-state index in [1.807, 2.05) is 30.3 Å². The Morgan fingerprint density at radius 3 is 2.54 bits per heavy atom. The highest BCUT2D eigenvalue weighted by Crippen LogP contribution is 2.39. The van der Waals surface area contributed by atoms with Crippen molar-refractivity contribution >= 4 is 5.91 Å². The lowest BCUT2D eigenvalue weighted by molar-refractivity contribution is -0.127. The Labute approximate surface area is 140 Å². The van der Waals surface area contributed by atoms with Gasteiger partial charge in [0.1, 0.15) is 5.82 Å². The van der Waals surface area contributed by atoms with Gasteiger partial charge in [0, 0.05) is 18.4 Å². The molecule has 4 rings (SSSR count). The van der Waals surface area contributed by atoms with Crippen LogP contribution in [0, 0.1) is 5.92 Å². The fraction of sp³-hybridized carbons (Fsp3) is 0.500. The zero-order valence-electron chi connectivity index (χ0n) is 13.6. The summed E-state index contributed by atoms with van der Waals surface area (Å²) in [7, 11) is 0. The van der Waals surface area contributed by atoms with E-state index >= 15 is 0 Å². The summed E-state index contributed by atoms with van der Waals surface area (Å²) in [4.78, 5) is 24.6. The van der Waals surface area contributed by atoms with Crippen LogP contribution in [-0.2, 0) is 11.3 Å². The van der Waals surface area contributed by atoms with E-state index in [0.717, 1.165) is 43.6 Å². The summed E-state index contributed by atoms with van der Waals surface area (Å²) in [6, 6.07) is 9.64. The van der Waals surface area contributed by atoms with Crippen LogP contribution in [0.25, 0.3) is 5.69 Å². The molecule has 126 valence electrons. The first kappa shape index (κ1) is 15.2. The summed E-state index contributed by atoms with van der Waals surface area (Å²) in [6.07, 6.45) is 5.29. The summed E-state index contributed by atoms with van der Waals surface area (Å²) >= 11 is 0. The topological polar surface area (TPSA) is 68.9 Å². The molecule has 1 aromatic heterocycles. The number of para-hydroxylation sites is 1. The summed E-state index contributed by atoms with van der Waals surface area (Å²) in [6.45, 7) is 0.863. The first-order chi connectivity index (χ1) is 11.7. The zero-order chi connectivity index (χ0) is 16.5. The predicted octanol–water partition coefficient (Wildman–Crippen LogP) is 1.83. The Bertz CT molecular complexity index is 785. The molecule has 0 radical (unpaired) electrons. The van der Waals surface area contributed by atoms with Crippen molar-refractivity contribution in [1.29, 1.82) is 0 Å². The maximum atomic E-state index is 12.8. The van der Waals surface area contributed by atoms with E-state index in [1.165, 1.54) is 4.68 Å². The van der Waals surface area contributed by atoms with Crippen LogP contribution in [0.1, 0.15) is 43.8 Å². The van der Waals surface area contributed by atoms with Crippen LogP contribution in [0.3, 0.4) is 0 Å². The molecule has 2 aliphatic carbocycles. The molecule has 2 aromatic rings. The molecule has 0 spiro atoms. The van der Waals surface area contributed by atoms with Gasteiger partial charge in [-0.2, -0.15) is 5.10 Å². The van der Waals surface area contributed by atoms with Gasteiger partial charge in [-0.3, -0.25) is 4.79 Å². The van der Waals surface area contributed by atoms with Crippen LogP contribution >= 0.6 is 0 Å². The fourth-order valence-electron chi connectivity index (χ4n) is 3.10. The van der Waals surface area contributed by atoms with Gasteiger partial charge >= 0.3 is 5.69 Å². The van der Waals surface area contributed by atoms with Gasteiger partial charge in [0.25, 0.3) is 0 Å². The van der Waals surface area contributed by atoms with Gasteiger partial charge in [-0.15, -0.1) is 0 Å². The molecule has 0 aliphatic heterocycles. The maximum absolute atomic E-state index is 12.8. The van der Waals surface area contributed by atoms with E-state index < -0.39 is 0 Å². The van der Waals surface area contributed by atoms with Crippen molar-refractivity contribution in [2.75, 3.05) is 6.54 Å². The van der Waals surface area contributed by atoms with Crippen molar-refractivity contribution < 1.29 is 4.79 Å². The van der Waals surface area contributed by atoms with E-state index in [2.05, 4.69) is 10.4 Å². The number of hydrogen-bond donors (Lipinski definition) is 1. The standard InChI is InChI=1S/C18H22N4O2/c23-17(14-5-4-6-14)19-11-12-21-18(24)22(15-7-2-1-3-8-15)16(20-21)13-9-10-13/h1-3,7-8,13-14H,4-6,9-12H2,(H,19,23). The van der Waals surface area contributed by atoms with E-state index in [4.69, 9.17) is 0 Å². The van der Waals surface area contributed by atoms with Gasteiger partial charge in [-0.05, 0) is 37.8 Å². The van der Waals surface area contributed by atoms with Gasteiger partial charge in [0.15, 0.2) is 0 Å². The number of benzene rings is 1. The van der Waals surface area contributed by atoms with Gasteiger partial charge in [0.2, 0.25) is 5.91 Å². The lowest BCUT2D eigenvalue weighted by atomic mass is 9.85. The van der Waals surface area contributed by atoms with Crippen molar-refractivity contribution in [3.8, 4) is 5.69 Å². The molecule has 1 aromatic carbocycles. The quantitative estimate of drug-likeness (QED) is 0.880. The van der Waals surface area contributed by atoms with Crippen LogP contribution in [0.15, 0.2) is 35.1 Å². The molecule has 1 amide bonds. The molecule has 0 bridgehead atoms. The monoisotopic (exact) mass is 326 g/mol. The number of nitrogens with one attached hydrogen (secondary N) is 1. The molecular weight excluding hydrogens is 304 g/mol. The lowest BCUT2D eigenvalue weighted by Crippen LogP contribution is -2.37. The molecule has 2 aliphatic rings. The second kappa shape index (κ2) is 6.26. The lowest BCUT2D eigenvalue weighted by Gasteiger charge is -2.23. The first-order valence-corrected chi connectivity index (χ1v) is 8.77. The average molecular weight is 326 g/mol. The van der Waals surface area contributed by atoms with Crippen molar-refractivity contribution in [2.45, 2.75) is 44.6 Å². The SMILES string of the molecule is O=C(NCCn1nc(C2CC2)n(-c2ccccc2)c1=O)C1CCC1. The summed E-state index contributed by atoms with van der Waals surface area (Å²) < 4.78 is 3.20. The van der Waals surface area contributed by atoms with Crippen LogP contribution < -0.4 is 11.0 Å². The maximum Gasteiger partial charge on any atom is 0.350 e. The highest BCUT2D eigenvalue weighted by atomic mass is 16.2. The van der Waals surface area contributed by atoms with E-state index in [1.54, 1.807) is 4.57 Å². The van der Waals surface area contributed by atoms with Crippen molar-refractivity contribution in [1.82, 2.24) is 19.7 Å². The molecule has 2 saturated carbocycles. The first-order valence-electron chi connectivity index (χ1n) is 8.77. The minimum atomic E-state index is -0.124. The van der Waals surface area contributed by atoms with E-state index in [9.17, 15) is 9.59 Å². The minimum Gasteiger partial charge on any atom is -0.354 e. The summed E-state index contributed by atoms with van der Waals surface area (Å²) in [5, 5.41) is 7.47. The molecule has 0 unspecified atom stereocenters. The van der Waals surface area contributed by atoms with Crippen LogP contribution in [0.5, 0.6) is 0 Å². The smallest absolute Gasteiger partial charge is 0.350 e. The second-order valence-corrected chi connectivity index (χ2v) is 6.73. The van der Waals surface area contributed by atoms with Crippen molar-refractivity contribution in [3.63, 3.8) is 0 Å². The number of aromatic nitrogens is 3. The number of rotatable bonds is 6. The molecule has 1 heterocycles. The summed E-state index contributed by atoms with van der Waals surface area (Å²) in [5.74, 6) is 1.50. The molecule has 2 fully saturated rings. The normalized spacial score (nSPS) is 17.5. The number of nitrogens with zero attached hydrogens (tertiary/aromatic N) is 3. The van der Waals surface area contributed by atoms with E-state index in [-0.39, 0.29) is 17.5 Å². The van der Waals surface area contributed by atoms with Gasteiger partial charge in [0.05, 0.1) is 12.2 Å². The number of carbonyl (C=O) groups is 1. The predicted molar refractivity (Wildman–Crippen MR) is 90.1 cm³/mol. The molecule has 0 saturated heterocycles. The highest BCUT2D eigenvalue weighted by Gasteiger charge is 2.31. The zero-order valence-corrected chi connectivity index (χ0v) is 13.6. The van der Waals surface area contributed by atoms with E-state index in [0.29, 0.717) is 19.0 Å². The van der Waals surface area contributed by atoms with Crippen LogP contribution in [0.2, 0.25) is 0 Å². The fourth-order valence-corrected chi connectivity index (χ4v) is 3.10.